The molecule has 8 nitrogen and oxygen atoms in total. The summed E-state index contributed by atoms with van der Waals surface area (Å²) in [6.07, 6.45) is -1.20. The van der Waals surface area contributed by atoms with Gasteiger partial charge >= 0.3 is 18.2 Å². The molecule has 1 amide bonds. The van der Waals surface area contributed by atoms with Gasteiger partial charge in [-0.1, -0.05) is 6.07 Å². The van der Waals surface area contributed by atoms with Gasteiger partial charge in [-0.3, -0.25) is 4.90 Å². The molecule has 2 fully saturated rings. The van der Waals surface area contributed by atoms with E-state index in [-0.39, 0.29) is 17.8 Å². The first-order valence-corrected chi connectivity index (χ1v) is 11.3. The van der Waals surface area contributed by atoms with Crippen LogP contribution in [0.25, 0.3) is 0 Å². The lowest BCUT2D eigenvalue weighted by Gasteiger charge is -2.36. The number of piperazine rings is 1. The van der Waals surface area contributed by atoms with Crippen molar-refractivity contribution in [3.63, 3.8) is 0 Å². The minimum Gasteiger partial charge on any atom is -0.476 e. The van der Waals surface area contributed by atoms with Crippen LogP contribution in [0.3, 0.4) is 0 Å². The van der Waals surface area contributed by atoms with E-state index in [0.29, 0.717) is 38.4 Å². The summed E-state index contributed by atoms with van der Waals surface area (Å²) in [6.45, 7) is 6.48. The molecule has 1 aromatic heterocycles. The molecule has 2 aromatic rings. The van der Waals surface area contributed by atoms with Crippen LogP contribution in [0.2, 0.25) is 0 Å². The number of aromatic nitrogens is 2. The van der Waals surface area contributed by atoms with Crippen LogP contribution >= 0.6 is 0 Å². The van der Waals surface area contributed by atoms with E-state index < -0.39 is 23.7 Å². The van der Waals surface area contributed by atoms with Gasteiger partial charge in [-0.05, 0) is 50.5 Å². The Labute approximate surface area is 195 Å². The number of hydrogen-bond acceptors (Lipinski definition) is 5. The number of aromatic carboxylic acids is 1. The number of rotatable bonds is 4. The molecule has 4 rings (SSSR count). The predicted octanol–water partition coefficient (Wildman–Crippen LogP) is 3.76. The van der Waals surface area contributed by atoms with Gasteiger partial charge in [-0.25, -0.2) is 9.59 Å². The van der Waals surface area contributed by atoms with E-state index in [0.717, 1.165) is 29.2 Å². The minimum atomic E-state index is -4.40. The molecule has 1 unspecified atom stereocenters. The smallest absolute Gasteiger partial charge is 0.416 e. The number of hydrogen-bond donors (Lipinski definition) is 1. The van der Waals surface area contributed by atoms with Gasteiger partial charge in [0.15, 0.2) is 5.69 Å². The maximum absolute atomic E-state index is 13.4. The molecule has 0 radical (unpaired) electrons. The molecule has 3 heterocycles. The Kier molecular flexibility index (Phi) is 6.57. The largest absolute Gasteiger partial charge is 0.476 e. The van der Waals surface area contributed by atoms with Crippen molar-refractivity contribution in [2.75, 3.05) is 31.1 Å². The van der Waals surface area contributed by atoms with Crippen molar-refractivity contribution in [2.24, 2.45) is 0 Å². The molecule has 0 spiro atoms. The molecule has 2 atom stereocenters. The SMILES string of the molecule is CC1CC[C@H](C)N1c1cc(C(F)(F)F)ccc1CN1CCN(C(=O)n2ccc(C(=O)O)n2)CC1. The third-order valence-electron chi connectivity index (χ3n) is 6.68. The highest BCUT2D eigenvalue weighted by molar-refractivity contribution is 5.86. The third-order valence-corrected chi connectivity index (χ3v) is 6.68. The quantitative estimate of drug-likeness (QED) is 0.719. The zero-order valence-corrected chi connectivity index (χ0v) is 19.1. The lowest BCUT2D eigenvalue weighted by Crippen LogP contribution is -2.49. The van der Waals surface area contributed by atoms with Gasteiger partial charge in [0.1, 0.15) is 0 Å². The molecule has 0 aliphatic carbocycles. The molecule has 1 N–H and O–H groups in total. The first kappa shape index (κ1) is 24.1. The van der Waals surface area contributed by atoms with Crippen LogP contribution in [-0.4, -0.2) is 74.9 Å². The lowest BCUT2D eigenvalue weighted by molar-refractivity contribution is -0.137. The van der Waals surface area contributed by atoms with Crippen molar-refractivity contribution in [2.45, 2.75) is 51.5 Å². The second-order valence-corrected chi connectivity index (χ2v) is 9.02. The summed E-state index contributed by atoms with van der Waals surface area (Å²) in [5, 5.41) is 12.8. The number of benzene rings is 1. The van der Waals surface area contributed by atoms with E-state index in [9.17, 15) is 22.8 Å². The molecule has 2 aliphatic heterocycles. The van der Waals surface area contributed by atoms with Gasteiger partial charge in [0.25, 0.3) is 0 Å². The van der Waals surface area contributed by atoms with Crippen LogP contribution in [0, 0.1) is 0 Å². The van der Waals surface area contributed by atoms with Crippen molar-refractivity contribution in [1.82, 2.24) is 19.6 Å². The third kappa shape index (κ3) is 4.89. The Hall–Kier alpha value is -3.08. The number of halogens is 3. The Morgan fingerprint density at radius 1 is 1.06 bits per heavy atom. The van der Waals surface area contributed by atoms with Crippen LogP contribution in [0.15, 0.2) is 30.5 Å². The number of carbonyl (C=O) groups is 2. The highest BCUT2D eigenvalue weighted by atomic mass is 19.4. The topological polar surface area (TPSA) is 81.9 Å². The minimum absolute atomic E-state index is 0.163. The summed E-state index contributed by atoms with van der Waals surface area (Å²) in [5.41, 5.74) is 0.621. The first-order valence-electron chi connectivity index (χ1n) is 11.3. The van der Waals surface area contributed by atoms with Crippen LogP contribution in [-0.2, 0) is 12.7 Å². The molecular formula is C23H28F3N5O3. The Balaban J connectivity index is 1.47. The second-order valence-electron chi connectivity index (χ2n) is 9.02. The monoisotopic (exact) mass is 479 g/mol. The normalized spacial score (nSPS) is 21.8. The Bertz CT molecular complexity index is 1050. The summed E-state index contributed by atoms with van der Waals surface area (Å²) in [5.74, 6) is -1.20. The molecule has 0 saturated carbocycles. The molecule has 2 aliphatic rings. The van der Waals surface area contributed by atoms with E-state index in [1.54, 1.807) is 11.0 Å². The van der Waals surface area contributed by atoms with E-state index in [4.69, 9.17) is 5.11 Å². The van der Waals surface area contributed by atoms with E-state index in [2.05, 4.69) is 14.9 Å². The van der Waals surface area contributed by atoms with Crippen LogP contribution in [0.1, 0.15) is 48.3 Å². The van der Waals surface area contributed by atoms with E-state index >= 15 is 0 Å². The van der Waals surface area contributed by atoms with Crippen molar-refractivity contribution in [3.8, 4) is 0 Å². The fourth-order valence-corrected chi connectivity index (χ4v) is 4.81. The maximum Gasteiger partial charge on any atom is 0.416 e. The molecule has 1 aromatic carbocycles. The maximum atomic E-state index is 13.4. The average Bonchev–Trinajstić information content (AvgIpc) is 3.41. The number of carbonyl (C=O) groups excluding carboxylic acids is 1. The van der Waals surface area contributed by atoms with Gasteiger partial charge in [-0.2, -0.15) is 23.0 Å². The van der Waals surface area contributed by atoms with Crippen molar-refractivity contribution >= 4 is 17.7 Å². The number of carboxylic acid groups (broad SMARTS) is 1. The van der Waals surface area contributed by atoms with Gasteiger partial charge in [-0.15, -0.1) is 0 Å². The highest BCUT2D eigenvalue weighted by Crippen LogP contribution is 2.38. The lowest BCUT2D eigenvalue weighted by atomic mass is 10.0. The van der Waals surface area contributed by atoms with Crippen molar-refractivity contribution in [3.05, 3.63) is 47.3 Å². The zero-order chi connectivity index (χ0) is 24.6. The van der Waals surface area contributed by atoms with Crippen LogP contribution < -0.4 is 4.90 Å². The summed E-state index contributed by atoms with van der Waals surface area (Å²) in [7, 11) is 0. The summed E-state index contributed by atoms with van der Waals surface area (Å²) in [6, 6.07) is 5.18. The number of carboxylic acids is 1. The fourth-order valence-electron chi connectivity index (χ4n) is 4.81. The van der Waals surface area contributed by atoms with Crippen molar-refractivity contribution in [1.29, 1.82) is 0 Å². The second kappa shape index (κ2) is 9.28. The number of alkyl halides is 3. The molecular weight excluding hydrogens is 451 g/mol. The summed E-state index contributed by atoms with van der Waals surface area (Å²) < 4.78 is 41.3. The van der Waals surface area contributed by atoms with Gasteiger partial charge in [0.2, 0.25) is 0 Å². The first-order chi connectivity index (χ1) is 16.0. The standard InChI is InChI=1S/C23H28F3N5O3/c1-15-3-4-16(2)31(15)20-13-18(23(24,25)26)6-5-17(20)14-28-9-11-29(12-10-28)22(34)30-8-7-19(27-30)21(32)33/h5-8,13,15-16H,3-4,9-12,14H2,1-2H3,(H,32,33)/t15-,16?/m0/s1. The average molecular weight is 480 g/mol. The summed E-state index contributed by atoms with van der Waals surface area (Å²) in [4.78, 5) is 29.4. The molecule has 34 heavy (non-hydrogen) atoms. The molecule has 0 bridgehead atoms. The Morgan fingerprint density at radius 2 is 1.71 bits per heavy atom. The number of anilines is 1. The summed E-state index contributed by atoms with van der Waals surface area (Å²) >= 11 is 0. The van der Waals surface area contributed by atoms with Crippen LogP contribution in [0.4, 0.5) is 23.7 Å². The van der Waals surface area contributed by atoms with E-state index in [1.165, 1.54) is 18.3 Å². The van der Waals surface area contributed by atoms with Crippen molar-refractivity contribution < 1.29 is 27.9 Å². The fraction of sp³-hybridized carbons (Fsp3) is 0.522. The predicted molar refractivity (Wildman–Crippen MR) is 119 cm³/mol. The molecule has 11 heteroatoms. The number of nitrogens with zero attached hydrogens (tertiary/aromatic N) is 5. The van der Waals surface area contributed by atoms with Gasteiger partial charge in [0.05, 0.1) is 5.56 Å². The number of amides is 1. The molecule has 2 saturated heterocycles. The molecule has 184 valence electrons. The van der Waals surface area contributed by atoms with Gasteiger partial charge in [0, 0.05) is 56.7 Å². The Morgan fingerprint density at radius 3 is 2.26 bits per heavy atom. The highest BCUT2D eigenvalue weighted by Gasteiger charge is 2.35. The van der Waals surface area contributed by atoms with E-state index in [1.807, 2.05) is 13.8 Å². The van der Waals surface area contributed by atoms with Crippen LogP contribution in [0.5, 0.6) is 0 Å². The zero-order valence-electron chi connectivity index (χ0n) is 19.1. The van der Waals surface area contributed by atoms with Gasteiger partial charge < -0.3 is 14.9 Å².